The quantitative estimate of drug-likeness (QED) is 0.352. The summed E-state index contributed by atoms with van der Waals surface area (Å²) in [5.41, 5.74) is 6.02. The van der Waals surface area contributed by atoms with E-state index in [9.17, 15) is 10.1 Å². The molecule has 0 aliphatic carbocycles. The minimum absolute atomic E-state index is 0.000904. The highest BCUT2D eigenvalue weighted by Crippen LogP contribution is 2.45. The molecule has 5 rings (SSSR count). The molecule has 3 aromatic rings. The SMILES string of the molecule is Cc1c(C)c([N+](=O)[O-])c(C)c2c1OC(C)(CNc1ccc(-c3ccnn3C3CCCCO3)cc1)C2. The molecule has 184 valence electrons. The van der Waals surface area contributed by atoms with Gasteiger partial charge < -0.3 is 14.8 Å². The molecule has 8 nitrogen and oxygen atoms in total. The van der Waals surface area contributed by atoms with E-state index in [0.717, 1.165) is 59.7 Å². The molecule has 0 bridgehead atoms. The largest absolute Gasteiger partial charge is 0.485 e. The number of aromatic nitrogens is 2. The maximum Gasteiger partial charge on any atom is 0.275 e. The molecule has 3 heterocycles. The van der Waals surface area contributed by atoms with Gasteiger partial charge in [0, 0.05) is 52.7 Å². The maximum absolute atomic E-state index is 11.6. The van der Waals surface area contributed by atoms with Crippen LogP contribution < -0.4 is 10.1 Å². The number of hydrogen-bond donors (Lipinski definition) is 1. The molecule has 0 spiro atoms. The molecule has 8 heteroatoms. The summed E-state index contributed by atoms with van der Waals surface area (Å²) in [7, 11) is 0. The van der Waals surface area contributed by atoms with E-state index in [1.807, 2.05) is 30.8 Å². The van der Waals surface area contributed by atoms with Crippen molar-refractivity contribution in [1.29, 1.82) is 0 Å². The van der Waals surface area contributed by atoms with Crippen LogP contribution in [0, 0.1) is 30.9 Å². The van der Waals surface area contributed by atoms with Crippen LogP contribution in [-0.4, -0.2) is 33.5 Å². The number of anilines is 1. The van der Waals surface area contributed by atoms with Gasteiger partial charge in [-0.05, 0) is 65.2 Å². The van der Waals surface area contributed by atoms with Gasteiger partial charge in [-0.15, -0.1) is 0 Å². The van der Waals surface area contributed by atoms with Crippen LogP contribution in [0.4, 0.5) is 11.4 Å². The zero-order valence-corrected chi connectivity index (χ0v) is 20.8. The summed E-state index contributed by atoms with van der Waals surface area (Å²) in [4.78, 5) is 11.4. The minimum Gasteiger partial charge on any atom is -0.485 e. The fraction of sp³-hybridized carbons (Fsp3) is 0.444. The maximum atomic E-state index is 11.6. The predicted molar refractivity (Wildman–Crippen MR) is 135 cm³/mol. The number of nitrogens with zero attached hydrogens (tertiary/aromatic N) is 3. The first kappa shape index (κ1) is 23.4. The molecule has 0 amide bonds. The van der Waals surface area contributed by atoms with Crippen LogP contribution in [0.2, 0.25) is 0 Å². The normalized spacial score (nSPS) is 21.4. The Bertz CT molecular complexity index is 1260. The van der Waals surface area contributed by atoms with E-state index in [-0.39, 0.29) is 16.8 Å². The van der Waals surface area contributed by atoms with Gasteiger partial charge in [0.05, 0.1) is 17.2 Å². The molecule has 1 fully saturated rings. The summed E-state index contributed by atoms with van der Waals surface area (Å²) in [6, 6.07) is 10.3. The minimum atomic E-state index is -0.491. The van der Waals surface area contributed by atoms with Crippen molar-refractivity contribution >= 4 is 11.4 Å². The standard InChI is InChI=1S/C27H32N4O4/c1-17-18(2)26-22(19(3)25(17)31(32)33)15-27(4,35-26)16-28-21-10-8-20(9-11-21)23-12-13-29-30(23)24-7-5-6-14-34-24/h8-13,24,28H,5-7,14-16H2,1-4H3. The summed E-state index contributed by atoms with van der Waals surface area (Å²) in [5, 5.41) is 19.6. The van der Waals surface area contributed by atoms with Crippen LogP contribution in [0.5, 0.6) is 5.75 Å². The molecule has 2 atom stereocenters. The van der Waals surface area contributed by atoms with E-state index in [1.165, 1.54) is 0 Å². The van der Waals surface area contributed by atoms with Crippen molar-refractivity contribution in [2.45, 2.75) is 65.2 Å². The average Bonchev–Trinajstić information content (AvgIpc) is 3.48. The topological polar surface area (TPSA) is 91.5 Å². The van der Waals surface area contributed by atoms with Gasteiger partial charge in [-0.1, -0.05) is 12.1 Å². The third-order valence-electron chi connectivity index (χ3n) is 7.37. The van der Waals surface area contributed by atoms with Gasteiger partial charge in [-0.3, -0.25) is 10.1 Å². The first-order valence-electron chi connectivity index (χ1n) is 12.2. The number of rotatable bonds is 6. The van der Waals surface area contributed by atoms with E-state index < -0.39 is 5.60 Å². The van der Waals surface area contributed by atoms with Crippen molar-refractivity contribution < 1.29 is 14.4 Å². The van der Waals surface area contributed by atoms with Gasteiger partial charge in [-0.2, -0.15) is 5.10 Å². The lowest BCUT2D eigenvalue weighted by Gasteiger charge is -2.25. The van der Waals surface area contributed by atoms with Crippen molar-refractivity contribution in [1.82, 2.24) is 9.78 Å². The van der Waals surface area contributed by atoms with Crippen LogP contribution in [-0.2, 0) is 11.2 Å². The Kier molecular flexibility index (Phi) is 6.01. The number of hydrogen-bond acceptors (Lipinski definition) is 6. The average molecular weight is 477 g/mol. The zero-order chi connectivity index (χ0) is 24.7. The third-order valence-corrected chi connectivity index (χ3v) is 7.37. The monoisotopic (exact) mass is 476 g/mol. The smallest absolute Gasteiger partial charge is 0.275 e. The molecular formula is C27H32N4O4. The second kappa shape index (κ2) is 9.00. The van der Waals surface area contributed by atoms with Crippen LogP contribution in [0.25, 0.3) is 11.3 Å². The molecule has 1 saturated heterocycles. The summed E-state index contributed by atoms with van der Waals surface area (Å²) in [6.07, 6.45) is 5.70. The fourth-order valence-corrected chi connectivity index (χ4v) is 5.29. The van der Waals surface area contributed by atoms with E-state index in [2.05, 4.69) is 41.6 Å². The summed E-state index contributed by atoms with van der Waals surface area (Å²) >= 11 is 0. The number of nitro benzene ring substituents is 1. The third kappa shape index (κ3) is 4.27. The molecule has 1 aromatic heterocycles. The molecule has 1 N–H and O–H groups in total. The summed E-state index contributed by atoms with van der Waals surface area (Å²) < 4.78 is 14.3. The Balaban J connectivity index is 1.29. The van der Waals surface area contributed by atoms with Gasteiger partial charge in [-0.25, -0.2) is 4.68 Å². The molecule has 2 aromatic carbocycles. The Morgan fingerprint density at radius 1 is 1.14 bits per heavy atom. The number of fused-ring (bicyclic) bond motifs is 1. The van der Waals surface area contributed by atoms with Gasteiger partial charge in [0.15, 0.2) is 6.23 Å². The molecular weight excluding hydrogens is 444 g/mol. The van der Waals surface area contributed by atoms with Crippen LogP contribution in [0.15, 0.2) is 36.5 Å². The van der Waals surface area contributed by atoms with Crippen molar-refractivity contribution in [2.75, 3.05) is 18.5 Å². The highest BCUT2D eigenvalue weighted by atomic mass is 16.6. The Labute approximate surface area is 205 Å². The molecule has 0 radical (unpaired) electrons. The zero-order valence-electron chi connectivity index (χ0n) is 20.8. The number of nitro groups is 1. The van der Waals surface area contributed by atoms with E-state index in [1.54, 1.807) is 6.92 Å². The lowest BCUT2D eigenvalue weighted by molar-refractivity contribution is -0.386. The van der Waals surface area contributed by atoms with Crippen LogP contribution >= 0.6 is 0 Å². The molecule has 35 heavy (non-hydrogen) atoms. The van der Waals surface area contributed by atoms with Crippen molar-refractivity contribution in [2.24, 2.45) is 0 Å². The van der Waals surface area contributed by atoms with E-state index in [0.29, 0.717) is 24.1 Å². The second-order valence-corrected chi connectivity index (χ2v) is 9.93. The molecule has 2 aliphatic heterocycles. The van der Waals surface area contributed by atoms with Crippen molar-refractivity contribution in [3.05, 3.63) is 68.9 Å². The number of ether oxygens (including phenoxy) is 2. The molecule has 0 saturated carbocycles. The number of benzene rings is 2. The van der Waals surface area contributed by atoms with Gasteiger partial charge in [0.25, 0.3) is 5.69 Å². The van der Waals surface area contributed by atoms with Crippen molar-refractivity contribution in [3.63, 3.8) is 0 Å². The number of nitrogens with one attached hydrogen (secondary N) is 1. The van der Waals surface area contributed by atoms with Gasteiger partial charge in [0.2, 0.25) is 0 Å². The second-order valence-electron chi connectivity index (χ2n) is 9.93. The Morgan fingerprint density at radius 3 is 2.60 bits per heavy atom. The lowest BCUT2D eigenvalue weighted by atomic mass is 9.92. The summed E-state index contributed by atoms with van der Waals surface area (Å²) in [6.45, 7) is 8.95. The van der Waals surface area contributed by atoms with Crippen LogP contribution in [0.1, 0.15) is 54.7 Å². The van der Waals surface area contributed by atoms with Gasteiger partial charge >= 0.3 is 0 Å². The Morgan fingerprint density at radius 2 is 1.91 bits per heavy atom. The van der Waals surface area contributed by atoms with E-state index >= 15 is 0 Å². The highest BCUT2D eigenvalue weighted by Gasteiger charge is 2.39. The van der Waals surface area contributed by atoms with Crippen LogP contribution in [0.3, 0.4) is 0 Å². The Hall–Kier alpha value is -3.39. The molecule has 2 aliphatic rings. The summed E-state index contributed by atoms with van der Waals surface area (Å²) in [5.74, 6) is 0.795. The van der Waals surface area contributed by atoms with Crippen molar-refractivity contribution in [3.8, 4) is 17.0 Å². The highest BCUT2D eigenvalue weighted by molar-refractivity contribution is 5.64. The predicted octanol–water partition coefficient (Wildman–Crippen LogP) is 5.89. The lowest BCUT2D eigenvalue weighted by Crippen LogP contribution is -2.38. The first-order chi connectivity index (χ1) is 16.8. The molecule has 2 unspecified atom stereocenters. The first-order valence-corrected chi connectivity index (χ1v) is 12.2. The van der Waals surface area contributed by atoms with E-state index in [4.69, 9.17) is 9.47 Å². The van der Waals surface area contributed by atoms with Gasteiger partial charge in [0.1, 0.15) is 11.4 Å². The fourth-order valence-electron chi connectivity index (χ4n) is 5.29.